The van der Waals surface area contributed by atoms with Crippen molar-refractivity contribution in [2.75, 3.05) is 26.2 Å². The van der Waals surface area contributed by atoms with Gasteiger partial charge in [-0.2, -0.15) is 4.31 Å². The molecule has 1 saturated heterocycles. The lowest BCUT2D eigenvalue weighted by Gasteiger charge is -2.34. The van der Waals surface area contributed by atoms with Crippen molar-refractivity contribution < 1.29 is 12.8 Å². The van der Waals surface area contributed by atoms with E-state index in [2.05, 4.69) is 0 Å². The van der Waals surface area contributed by atoms with Crippen molar-refractivity contribution >= 4 is 32.4 Å². The fourth-order valence-corrected chi connectivity index (χ4v) is 5.19. The lowest BCUT2D eigenvalue weighted by molar-refractivity contribution is 0.180. The third kappa shape index (κ3) is 3.78. The standard InChI is InChI=1S/C21H20ClFN2O2S/c22-20-6-3-7-21(23)19(20)15-24-10-12-25(13-11-24)28(26,27)18-9-8-16-4-1-2-5-17(16)14-18/h1-9,14H,10-13,15H2. The van der Waals surface area contributed by atoms with Crippen molar-refractivity contribution in [3.63, 3.8) is 0 Å². The Morgan fingerprint density at radius 3 is 2.32 bits per heavy atom. The minimum absolute atomic E-state index is 0.303. The smallest absolute Gasteiger partial charge is 0.243 e. The molecule has 4 rings (SSSR count). The van der Waals surface area contributed by atoms with Crippen LogP contribution < -0.4 is 0 Å². The van der Waals surface area contributed by atoms with Crippen LogP contribution in [0.5, 0.6) is 0 Å². The van der Waals surface area contributed by atoms with Crippen LogP contribution >= 0.6 is 11.6 Å². The number of benzene rings is 3. The maximum atomic E-state index is 14.0. The minimum Gasteiger partial charge on any atom is -0.296 e. The average Bonchev–Trinajstić information content (AvgIpc) is 2.71. The summed E-state index contributed by atoms with van der Waals surface area (Å²) in [5, 5.41) is 2.30. The van der Waals surface area contributed by atoms with Crippen LogP contribution in [0.2, 0.25) is 5.02 Å². The number of halogens is 2. The van der Waals surface area contributed by atoms with Gasteiger partial charge in [0.1, 0.15) is 5.82 Å². The van der Waals surface area contributed by atoms with Crippen LogP contribution in [-0.2, 0) is 16.6 Å². The van der Waals surface area contributed by atoms with Crippen LogP contribution in [0, 0.1) is 5.82 Å². The number of nitrogens with zero attached hydrogens (tertiary/aromatic N) is 2. The van der Waals surface area contributed by atoms with E-state index in [0.29, 0.717) is 48.2 Å². The Hall–Kier alpha value is -1.99. The van der Waals surface area contributed by atoms with Crippen LogP contribution in [-0.4, -0.2) is 43.8 Å². The molecule has 0 bridgehead atoms. The predicted octanol–water partition coefficient (Wildman–Crippen LogP) is 4.14. The van der Waals surface area contributed by atoms with E-state index in [1.54, 1.807) is 24.3 Å². The molecule has 4 nitrogen and oxygen atoms in total. The molecule has 0 aromatic heterocycles. The van der Waals surface area contributed by atoms with E-state index >= 15 is 0 Å². The summed E-state index contributed by atoms with van der Waals surface area (Å²) in [4.78, 5) is 2.33. The molecular formula is C21H20ClFN2O2S. The van der Waals surface area contributed by atoms with Gasteiger partial charge in [-0.1, -0.05) is 48.0 Å². The number of fused-ring (bicyclic) bond motifs is 1. The lowest BCUT2D eigenvalue weighted by atomic mass is 10.1. The van der Waals surface area contributed by atoms with E-state index in [1.165, 1.54) is 10.4 Å². The number of hydrogen-bond acceptors (Lipinski definition) is 3. The molecule has 1 heterocycles. The molecule has 28 heavy (non-hydrogen) atoms. The second-order valence-corrected chi connectivity index (χ2v) is 9.23. The van der Waals surface area contributed by atoms with Gasteiger partial charge in [-0.15, -0.1) is 0 Å². The second kappa shape index (κ2) is 7.79. The van der Waals surface area contributed by atoms with Gasteiger partial charge in [-0.05, 0) is 35.0 Å². The normalized spacial score (nSPS) is 16.5. The Kier molecular flexibility index (Phi) is 5.38. The number of hydrogen-bond donors (Lipinski definition) is 0. The molecule has 0 unspecified atom stereocenters. The van der Waals surface area contributed by atoms with Crippen molar-refractivity contribution in [1.29, 1.82) is 0 Å². The van der Waals surface area contributed by atoms with E-state index in [0.717, 1.165) is 10.8 Å². The van der Waals surface area contributed by atoms with Gasteiger partial charge in [0.15, 0.2) is 0 Å². The zero-order chi connectivity index (χ0) is 19.7. The van der Waals surface area contributed by atoms with Crippen LogP contribution in [0.15, 0.2) is 65.6 Å². The second-order valence-electron chi connectivity index (χ2n) is 6.89. The molecule has 0 radical (unpaired) electrons. The molecule has 3 aromatic rings. The van der Waals surface area contributed by atoms with E-state index in [1.807, 2.05) is 35.2 Å². The Bertz CT molecular complexity index is 1090. The van der Waals surface area contributed by atoms with E-state index < -0.39 is 10.0 Å². The van der Waals surface area contributed by atoms with Gasteiger partial charge >= 0.3 is 0 Å². The molecule has 0 N–H and O–H groups in total. The molecule has 0 aliphatic carbocycles. The van der Waals surface area contributed by atoms with Gasteiger partial charge in [0, 0.05) is 43.3 Å². The summed E-state index contributed by atoms with van der Waals surface area (Å²) in [7, 11) is -3.56. The first-order valence-electron chi connectivity index (χ1n) is 9.09. The summed E-state index contributed by atoms with van der Waals surface area (Å²) in [6, 6.07) is 17.5. The summed E-state index contributed by atoms with van der Waals surface area (Å²) in [6.45, 7) is 2.15. The SMILES string of the molecule is O=S(=O)(c1ccc2ccccc2c1)N1CCN(Cc2c(F)cccc2Cl)CC1. The van der Waals surface area contributed by atoms with Gasteiger partial charge < -0.3 is 0 Å². The third-order valence-corrected chi connectivity index (χ3v) is 7.38. The fourth-order valence-electron chi connectivity index (χ4n) is 3.51. The highest BCUT2D eigenvalue weighted by Crippen LogP contribution is 2.25. The molecule has 0 atom stereocenters. The first kappa shape index (κ1) is 19.3. The molecule has 146 valence electrons. The maximum absolute atomic E-state index is 14.0. The summed E-state index contributed by atoms with van der Waals surface area (Å²) >= 11 is 6.10. The molecule has 1 fully saturated rings. The highest BCUT2D eigenvalue weighted by atomic mass is 35.5. The van der Waals surface area contributed by atoms with E-state index in [4.69, 9.17) is 11.6 Å². The van der Waals surface area contributed by atoms with Gasteiger partial charge in [-0.3, -0.25) is 4.90 Å². The first-order valence-corrected chi connectivity index (χ1v) is 10.9. The van der Waals surface area contributed by atoms with Crippen LogP contribution in [0.3, 0.4) is 0 Å². The van der Waals surface area contributed by atoms with Crippen LogP contribution in [0.4, 0.5) is 4.39 Å². The van der Waals surface area contributed by atoms with Crippen LogP contribution in [0.25, 0.3) is 10.8 Å². The molecule has 7 heteroatoms. The highest BCUT2D eigenvalue weighted by Gasteiger charge is 2.29. The van der Waals surface area contributed by atoms with Gasteiger partial charge in [0.2, 0.25) is 10.0 Å². The highest BCUT2D eigenvalue weighted by molar-refractivity contribution is 7.89. The number of rotatable bonds is 4. The summed E-state index contributed by atoms with van der Waals surface area (Å²) < 4.78 is 41.6. The van der Waals surface area contributed by atoms with Crippen molar-refractivity contribution in [2.24, 2.45) is 0 Å². The average molecular weight is 419 g/mol. The van der Waals surface area contributed by atoms with E-state index in [9.17, 15) is 12.8 Å². The fraction of sp³-hybridized carbons (Fsp3) is 0.238. The molecule has 0 amide bonds. The van der Waals surface area contributed by atoms with Crippen molar-refractivity contribution in [1.82, 2.24) is 9.21 Å². The van der Waals surface area contributed by atoms with Gasteiger partial charge in [0.05, 0.1) is 4.90 Å². The monoisotopic (exact) mass is 418 g/mol. The first-order chi connectivity index (χ1) is 13.4. The zero-order valence-electron chi connectivity index (χ0n) is 15.2. The largest absolute Gasteiger partial charge is 0.296 e. The number of sulfonamides is 1. The zero-order valence-corrected chi connectivity index (χ0v) is 16.8. The third-order valence-electron chi connectivity index (χ3n) is 5.13. The lowest BCUT2D eigenvalue weighted by Crippen LogP contribution is -2.48. The Balaban J connectivity index is 1.47. The Morgan fingerprint density at radius 2 is 1.61 bits per heavy atom. The van der Waals surface area contributed by atoms with Gasteiger partial charge in [0.25, 0.3) is 0 Å². The molecule has 1 aliphatic rings. The van der Waals surface area contributed by atoms with Crippen molar-refractivity contribution in [2.45, 2.75) is 11.4 Å². The van der Waals surface area contributed by atoms with Crippen LogP contribution in [0.1, 0.15) is 5.56 Å². The predicted molar refractivity (Wildman–Crippen MR) is 109 cm³/mol. The Labute approximate surface area is 169 Å². The number of piperazine rings is 1. The van der Waals surface area contributed by atoms with Gasteiger partial charge in [-0.25, -0.2) is 12.8 Å². The molecule has 1 aliphatic heterocycles. The maximum Gasteiger partial charge on any atom is 0.243 e. The summed E-state index contributed by atoms with van der Waals surface area (Å²) in [6.07, 6.45) is 0. The Morgan fingerprint density at radius 1 is 0.893 bits per heavy atom. The molecule has 0 spiro atoms. The summed E-state index contributed by atoms with van der Waals surface area (Å²) in [5.74, 6) is -0.335. The van der Waals surface area contributed by atoms with E-state index in [-0.39, 0.29) is 5.82 Å². The minimum atomic E-state index is -3.56. The summed E-state index contributed by atoms with van der Waals surface area (Å²) in [5.41, 5.74) is 0.454. The molecular weight excluding hydrogens is 399 g/mol. The molecule has 0 saturated carbocycles. The topological polar surface area (TPSA) is 40.6 Å². The van der Waals surface area contributed by atoms with Crippen molar-refractivity contribution in [3.8, 4) is 0 Å². The quantitative estimate of drug-likeness (QED) is 0.639. The van der Waals surface area contributed by atoms with Crippen molar-refractivity contribution in [3.05, 3.63) is 77.1 Å². The molecule has 3 aromatic carbocycles.